The Bertz CT molecular complexity index is 137. The van der Waals surface area contributed by atoms with Gasteiger partial charge in [0, 0.05) is 18.6 Å². The van der Waals surface area contributed by atoms with Crippen LogP contribution in [0.3, 0.4) is 0 Å². The minimum absolute atomic E-state index is 0.186. The van der Waals surface area contributed by atoms with Crippen LogP contribution in [0.2, 0.25) is 0 Å². The van der Waals surface area contributed by atoms with Gasteiger partial charge in [-0.05, 0) is 20.9 Å². The maximum absolute atomic E-state index is 5.70. The number of hydrogen-bond donors (Lipinski definition) is 1. The lowest BCUT2D eigenvalue weighted by Gasteiger charge is -2.26. The van der Waals surface area contributed by atoms with Crippen LogP contribution in [0.25, 0.3) is 0 Å². The summed E-state index contributed by atoms with van der Waals surface area (Å²) in [6, 6.07) is 0. The Labute approximate surface area is 88.2 Å². The van der Waals surface area contributed by atoms with Crippen LogP contribution in [0.15, 0.2) is 0 Å². The van der Waals surface area contributed by atoms with E-state index in [1.807, 2.05) is 20.9 Å². The summed E-state index contributed by atoms with van der Waals surface area (Å²) in [5.41, 5.74) is 0.190. The van der Waals surface area contributed by atoms with Crippen LogP contribution in [0.5, 0.6) is 0 Å². The lowest BCUT2D eigenvalue weighted by atomic mass is 9.95. The molecule has 0 aromatic rings. The maximum atomic E-state index is 5.70. The normalized spacial score (nSPS) is 14.4. The second kappa shape index (κ2) is 7.21. The SMILES string of the molecule is CCOCC(C)OCC(C)(C)CNC. The van der Waals surface area contributed by atoms with Gasteiger partial charge in [0.15, 0.2) is 0 Å². The molecule has 0 aliphatic carbocycles. The molecule has 0 aliphatic heterocycles. The number of ether oxygens (including phenoxy) is 2. The largest absolute Gasteiger partial charge is 0.379 e. The van der Waals surface area contributed by atoms with Gasteiger partial charge in [-0.3, -0.25) is 0 Å². The van der Waals surface area contributed by atoms with Gasteiger partial charge in [0.2, 0.25) is 0 Å². The minimum Gasteiger partial charge on any atom is -0.379 e. The van der Waals surface area contributed by atoms with E-state index in [-0.39, 0.29) is 11.5 Å². The summed E-state index contributed by atoms with van der Waals surface area (Å²) < 4.78 is 11.0. The van der Waals surface area contributed by atoms with Crippen molar-refractivity contribution in [3.05, 3.63) is 0 Å². The molecule has 0 fully saturated rings. The van der Waals surface area contributed by atoms with Crippen LogP contribution in [0, 0.1) is 5.41 Å². The molecule has 1 N–H and O–H groups in total. The van der Waals surface area contributed by atoms with E-state index in [0.29, 0.717) is 6.61 Å². The Kier molecular flexibility index (Phi) is 7.15. The lowest BCUT2D eigenvalue weighted by Crippen LogP contribution is -2.33. The highest BCUT2D eigenvalue weighted by atomic mass is 16.5. The molecule has 0 amide bonds. The molecule has 1 atom stereocenters. The molecule has 0 saturated heterocycles. The molecule has 0 heterocycles. The first-order valence-corrected chi connectivity index (χ1v) is 5.36. The van der Waals surface area contributed by atoms with E-state index in [9.17, 15) is 0 Å². The molecule has 0 rings (SSSR count). The van der Waals surface area contributed by atoms with Crippen LogP contribution in [0.4, 0.5) is 0 Å². The highest BCUT2D eigenvalue weighted by Crippen LogP contribution is 2.14. The van der Waals surface area contributed by atoms with E-state index >= 15 is 0 Å². The minimum atomic E-state index is 0.186. The van der Waals surface area contributed by atoms with Crippen molar-refractivity contribution in [2.24, 2.45) is 5.41 Å². The van der Waals surface area contributed by atoms with Crippen LogP contribution >= 0.6 is 0 Å². The fourth-order valence-corrected chi connectivity index (χ4v) is 1.23. The van der Waals surface area contributed by atoms with Gasteiger partial charge in [0.05, 0.1) is 19.3 Å². The van der Waals surface area contributed by atoms with Crippen LogP contribution in [-0.2, 0) is 9.47 Å². The summed E-state index contributed by atoms with van der Waals surface area (Å²) in [6.07, 6.45) is 0.186. The Morgan fingerprint density at radius 1 is 1.36 bits per heavy atom. The second-order valence-corrected chi connectivity index (χ2v) is 4.48. The number of nitrogens with one attached hydrogen (secondary N) is 1. The fraction of sp³-hybridized carbons (Fsp3) is 1.00. The molecule has 0 aliphatic rings. The van der Waals surface area contributed by atoms with E-state index < -0.39 is 0 Å². The smallest absolute Gasteiger partial charge is 0.0780 e. The van der Waals surface area contributed by atoms with Crippen LogP contribution in [0.1, 0.15) is 27.7 Å². The summed E-state index contributed by atoms with van der Waals surface area (Å²) in [6.45, 7) is 11.6. The third-order valence-corrected chi connectivity index (χ3v) is 1.97. The van der Waals surface area contributed by atoms with Crippen LogP contribution < -0.4 is 5.32 Å². The van der Waals surface area contributed by atoms with E-state index in [4.69, 9.17) is 9.47 Å². The highest BCUT2D eigenvalue weighted by Gasteiger charge is 2.18. The van der Waals surface area contributed by atoms with Gasteiger partial charge >= 0.3 is 0 Å². The van der Waals surface area contributed by atoms with Crippen molar-refractivity contribution >= 4 is 0 Å². The third kappa shape index (κ3) is 7.30. The van der Waals surface area contributed by atoms with Crippen molar-refractivity contribution < 1.29 is 9.47 Å². The van der Waals surface area contributed by atoms with Crippen molar-refractivity contribution in [1.29, 1.82) is 0 Å². The molecule has 14 heavy (non-hydrogen) atoms. The van der Waals surface area contributed by atoms with E-state index in [1.165, 1.54) is 0 Å². The zero-order valence-electron chi connectivity index (χ0n) is 10.2. The first kappa shape index (κ1) is 13.9. The van der Waals surface area contributed by atoms with Gasteiger partial charge in [-0.25, -0.2) is 0 Å². The monoisotopic (exact) mass is 203 g/mol. The van der Waals surface area contributed by atoms with E-state index in [0.717, 1.165) is 19.8 Å². The summed E-state index contributed by atoms with van der Waals surface area (Å²) in [4.78, 5) is 0. The first-order chi connectivity index (χ1) is 6.52. The predicted octanol–water partition coefficient (Wildman–Crippen LogP) is 1.67. The Hall–Kier alpha value is -0.120. The van der Waals surface area contributed by atoms with Crippen molar-refractivity contribution in [1.82, 2.24) is 5.32 Å². The first-order valence-electron chi connectivity index (χ1n) is 5.36. The van der Waals surface area contributed by atoms with Crippen molar-refractivity contribution in [3.8, 4) is 0 Å². The van der Waals surface area contributed by atoms with Gasteiger partial charge in [0.25, 0.3) is 0 Å². The Morgan fingerprint density at radius 3 is 2.50 bits per heavy atom. The van der Waals surface area contributed by atoms with Crippen molar-refractivity contribution in [2.45, 2.75) is 33.8 Å². The average molecular weight is 203 g/mol. The molecule has 1 unspecified atom stereocenters. The van der Waals surface area contributed by atoms with Crippen molar-refractivity contribution in [2.75, 3.05) is 33.4 Å². The molecule has 0 aromatic heterocycles. The molecule has 3 heteroatoms. The quantitative estimate of drug-likeness (QED) is 0.651. The molecule has 0 spiro atoms. The number of hydrogen-bond acceptors (Lipinski definition) is 3. The Balaban J connectivity index is 3.58. The van der Waals surface area contributed by atoms with Gasteiger partial charge in [-0.15, -0.1) is 0 Å². The summed E-state index contributed by atoms with van der Waals surface area (Å²) in [7, 11) is 1.96. The maximum Gasteiger partial charge on any atom is 0.0780 e. The molecule has 0 aromatic carbocycles. The molecule has 0 radical (unpaired) electrons. The molecule has 0 saturated carbocycles. The summed E-state index contributed by atoms with van der Waals surface area (Å²) >= 11 is 0. The number of rotatable bonds is 8. The summed E-state index contributed by atoms with van der Waals surface area (Å²) in [5, 5.41) is 3.16. The average Bonchev–Trinajstić information content (AvgIpc) is 2.11. The summed E-state index contributed by atoms with van der Waals surface area (Å²) in [5.74, 6) is 0. The predicted molar refractivity (Wildman–Crippen MR) is 59.6 cm³/mol. The zero-order chi connectivity index (χ0) is 11.0. The van der Waals surface area contributed by atoms with E-state index in [1.54, 1.807) is 0 Å². The zero-order valence-corrected chi connectivity index (χ0v) is 10.2. The second-order valence-electron chi connectivity index (χ2n) is 4.48. The van der Waals surface area contributed by atoms with E-state index in [2.05, 4.69) is 19.2 Å². The Morgan fingerprint density at radius 2 is 2.00 bits per heavy atom. The fourth-order valence-electron chi connectivity index (χ4n) is 1.23. The molecule has 0 bridgehead atoms. The third-order valence-electron chi connectivity index (χ3n) is 1.97. The van der Waals surface area contributed by atoms with Gasteiger partial charge in [-0.2, -0.15) is 0 Å². The highest BCUT2D eigenvalue weighted by molar-refractivity contribution is 4.70. The van der Waals surface area contributed by atoms with Gasteiger partial charge in [-0.1, -0.05) is 13.8 Å². The van der Waals surface area contributed by atoms with Gasteiger partial charge in [0.1, 0.15) is 0 Å². The lowest BCUT2D eigenvalue weighted by molar-refractivity contribution is -0.0325. The van der Waals surface area contributed by atoms with Crippen LogP contribution in [-0.4, -0.2) is 39.5 Å². The standard InChI is InChI=1S/C11H25NO2/c1-6-13-7-10(2)14-9-11(3,4)8-12-5/h10,12H,6-9H2,1-5H3. The molecular formula is C11H25NO2. The topological polar surface area (TPSA) is 30.5 Å². The molecule has 86 valence electrons. The molecule has 3 nitrogen and oxygen atoms in total. The van der Waals surface area contributed by atoms with Crippen molar-refractivity contribution in [3.63, 3.8) is 0 Å². The van der Waals surface area contributed by atoms with Gasteiger partial charge < -0.3 is 14.8 Å². The molecular weight excluding hydrogens is 178 g/mol.